The van der Waals surface area contributed by atoms with E-state index in [-0.39, 0.29) is 23.1 Å². The number of carbonyl (C=O) groups excluding carboxylic acids is 2. The topological polar surface area (TPSA) is 65.6 Å². The zero-order valence-corrected chi connectivity index (χ0v) is 14.7. The van der Waals surface area contributed by atoms with Crippen molar-refractivity contribution < 1.29 is 18.7 Å². The highest BCUT2D eigenvalue weighted by molar-refractivity contribution is 5.94. The number of carbonyl (C=O) groups is 2. The summed E-state index contributed by atoms with van der Waals surface area (Å²) in [4.78, 5) is 31.2. The molecule has 1 saturated heterocycles. The third kappa shape index (κ3) is 4.04. The number of ether oxygens (including phenoxy) is 1. The number of rotatable bonds is 5. The number of nitrogens with zero attached hydrogens (tertiary/aromatic N) is 2. The molecule has 1 aromatic carbocycles. The van der Waals surface area contributed by atoms with Crippen molar-refractivity contribution in [3.63, 3.8) is 0 Å². The fraction of sp³-hybridized carbons (Fsp3) is 0.368. The number of piperazine rings is 1. The van der Waals surface area contributed by atoms with E-state index in [1.807, 2.05) is 6.07 Å². The molecule has 1 aliphatic heterocycles. The van der Waals surface area contributed by atoms with Crippen molar-refractivity contribution in [3.05, 3.63) is 53.6 Å². The Kier molecular flexibility index (Phi) is 5.55. The minimum absolute atomic E-state index is 0.0452. The molecule has 26 heavy (non-hydrogen) atoms. The van der Waals surface area contributed by atoms with Crippen LogP contribution in [-0.4, -0.2) is 59.4 Å². The van der Waals surface area contributed by atoms with E-state index in [9.17, 15) is 14.0 Å². The van der Waals surface area contributed by atoms with Crippen LogP contribution < -0.4 is 4.74 Å². The number of hydrogen-bond donors (Lipinski definition) is 1. The van der Waals surface area contributed by atoms with Crippen LogP contribution in [-0.2, 0) is 11.2 Å². The minimum Gasteiger partial charge on any atom is -0.491 e. The average molecular weight is 359 g/mol. The Bertz CT molecular complexity index is 768. The van der Waals surface area contributed by atoms with Gasteiger partial charge in [0.15, 0.2) is 11.6 Å². The molecule has 0 bridgehead atoms. The molecule has 1 aromatic heterocycles. The van der Waals surface area contributed by atoms with Gasteiger partial charge in [-0.15, -0.1) is 0 Å². The smallest absolute Gasteiger partial charge is 0.254 e. The van der Waals surface area contributed by atoms with Crippen molar-refractivity contribution in [3.8, 4) is 5.75 Å². The van der Waals surface area contributed by atoms with Gasteiger partial charge in [0, 0.05) is 44.1 Å². The summed E-state index contributed by atoms with van der Waals surface area (Å²) in [7, 11) is 0. The van der Waals surface area contributed by atoms with Crippen LogP contribution >= 0.6 is 0 Å². The summed E-state index contributed by atoms with van der Waals surface area (Å²) in [6.45, 7) is 3.97. The second-order valence-corrected chi connectivity index (χ2v) is 6.15. The molecular formula is C19H22FN3O3. The highest BCUT2D eigenvalue weighted by Gasteiger charge is 2.25. The van der Waals surface area contributed by atoms with Crippen LogP contribution in [0.25, 0.3) is 0 Å². The summed E-state index contributed by atoms with van der Waals surface area (Å²) < 4.78 is 19.1. The average Bonchev–Trinajstić information content (AvgIpc) is 3.16. The normalized spacial score (nSPS) is 14.4. The van der Waals surface area contributed by atoms with Crippen LogP contribution in [0.15, 0.2) is 36.7 Å². The maximum atomic E-state index is 14.0. The number of aromatic nitrogens is 1. The van der Waals surface area contributed by atoms with Gasteiger partial charge >= 0.3 is 0 Å². The molecule has 1 N–H and O–H groups in total. The van der Waals surface area contributed by atoms with Crippen molar-refractivity contribution in [2.45, 2.75) is 13.3 Å². The first-order valence-corrected chi connectivity index (χ1v) is 8.69. The molecule has 7 heteroatoms. The van der Waals surface area contributed by atoms with Crippen LogP contribution in [0.5, 0.6) is 5.75 Å². The summed E-state index contributed by atoms with van der Waals surface area (Å²) in [6.07, 6.45) is 3.94. The number of benzene rings is 1. The molecule has 1 aliphatic rings. The van der Waals surface area contributed by atoms with Crippen LogP contribution in [0.4, 0.5) is 4.39 Å². The molecule has 0 radical (unpaired) electrons. The van der Waals surface area contributed by atoms with Crippen molar-refractivity contribution in [1.29, 1.82) is 0 Å². The Labute approximate surface area is 151 Å². The third-order valence-electron chi connectivity index (χ3n) is 4.42. The van der Waals surface area contributed by atoms with E-state index < -0.39 is 5.82 Å². The zero-order chi connectivity index (χ0) is 18.5. The van der Waals surface area contributed by atoms with Gasteiger partial charge in [-0.2, -0.15) is 0 Å². The fourth-order valence-electron chi connectivity index (χ4n) is 3.00. The minimum atomic E-state index is -0.544. The Morgan fingerprint density at radius 3 is 2.50 bits per heavy atom. The summed E-state index contributed by atoms with van der Waals surface area (Å²) in [5, 5.41) is 0. The maximum absolute atomic E-state index is 14.0. The number of halogens is 1. The predicted octanol–water partition coefficient (Wildman–Crippen LogP) is 2.08. The third-order valence-corrected chi connectivity index (χ3v) is 4.42. The molecule has 2 amide bonds. The molecule has 1 fully saturated rings. The molecule has 2 aromatic rings. The first kappa shape index (κ1) is 18.0. The number of aromatic amines is 1. The second-order valence-electron chi connectivity index (χ2n) is 6.15. The second kappa shape index (κ2) is 8.03. The number of nitrogens with one attached hydrogen (secondary N) is 1. The number of amides is 2. The fourth-order valence-corrected chi connectivity index (χ4v) is 3.00. The molecule has 0 unspecified atom stereocenters. The molecule has 2 heterocycles. The van der Waals surface area contributed by atoms with Gasteiger partial charge in [-0.3, -0.25) is 9.59 Å². The van der Waals surface area contributed by atoms with Gasteiger partial charge in [-0.25, -0.2) is 4.39 Å². The SMILES string of the molecule is CCOc1ccc(C(=O)N2CCN(C(=O)Cc3cc[nH]c3)CC2)cc1F. The van der Waals surface area contributed by atoms with Gasteiger partial charge in [-0.1, -0.05) is 0 Å². The van der Waals surface area contributed by atoms with Gasteiger partial charge in [0.1, 0.15) is 0 Å². The van der Waals surface area contributed by atoms with Gasteiger partial charge in [0.05, 0.1) is 13.0 Å². The van der Waals surface area contributed by atoms with Crippen LogP contribution in [0.2, 0.25) is 0 Å². The largest absolute Gasteiger partial charge is 0.491 e. The first-order chi connectivity index (χ1) is 12.6. The van der Waals surface area contributed by atoms with E-state index in [0.29, 0.717) is 39.2 Å². The molecule has 0 spiro atoms. The molecule has 0 saturated carbocycles. The quantitative estimate of drug-likeness (QED) is 0.889. The zero-order valence-electron chi connectivity index (χ0n) is 14.7. The van der Waals surface area contributed by atoms with Crippen molar-refractivity contribution >= 4 is 11.8 Å². The molecule has 6 nitrogen and oxygen atoms in total. The van der Waals surface area contributed by atoms with Crippen LogP contribution in [0.3, 0.4) is 0 Å². The summed E-state index contributed by atoms with van der Waals surface area (Å²) in [6, 6.07) is 6.12. The van der Waals surface area contributed by atoms with Gasteiger partial charge in [-0.05, 0) is 36.8 Å². The number of hydrogen-bond acceptors (Lipinski definition) is 3. The molecule has 3 rings (SSSR count). The van der Waals surface area contributed by atoms with E-state index in [2.05, 4.69) is 4.98 Å². The molecule has 0 aliphatic carbocycles. The lowest BCUT2D eigenvalue weighted by Gasteiger charge is -2.35. The van der Waals surface area contributed by atoms with Gasteiger partial charge in [0.25, 0.3) is 5.91 Å². The first-order valence-electron chi connectivity index (χ1n) is 8.69. The monoisotopic (exact) mass is 359 g/mol. The molecule has 138 valence electrons. The van der Waals surface area contributed by atoms with Crippen molar-refractivity contribution in [2.75, 3.05) is 32.8 Å². The van der Waals surface area contributed by atoms with E-state index in [1.165, 1.54) is 12.1 Å². The molecular weight excluding hydrogens is 337 g/mol. The summed E-state index contributed by atoms with van der Waals surface area (Å²) >= 11 is 0. The van der Waals surface area contributed by atoms with Crippen LogP contribution in [0.1, 0.15) is 22.8 Å². The van der Waals surface area contributed by atoms with E-state index in [0.717, 1.165) is 5.56 Å². The lowest BCUT2D eigenvalue weighted by Crippen LogP contribution is -2.51. The Morgan fingerprint density at radius 2 is 1.88 bits per heavy atom. The maximum Gasteiger partial charge on any atom is 0.254 e. The summed E-state index contributed by atoms with van der Waals surface area (Å²) in [5.41, 5.74) is 1.23. The highest BCUT2D eigenvalue weighted by Crippen LogP contribution is 2.20. The van der Waals surface area contributed by atoms with Gasteiger partial charge in [0.2, 0.25) is 5.91 Å². The summed E-state index contributed by atoms with van der Waals surface area (Å²) in [5.74, 6) is -0.587. The van der Waals surface area contributed by atoms with Crippen molar-refractivity contribution in [1.82, 2.24) is 14.8 Å². The predicted molar refractivity (Wildman–Crippen MR) is 94.5 cm³/mol. The molecule has 0 atom stereocenters. The number of H-pyrrole nitrogens is 1. The van der Waals surface area contributed by atoms with Crippen LogP contribution in [0, 0.1) is 5.82 Å². The Balaban J connectivity index is 1.56. The highest BCUT2D eigenvalue weighted by atomic mass is 19.1. The van der Waals surface area contributed by atoms with Gasteiger partial charge < -0.3 is 19.5 Å². The Hall–Kier alpha value is -2.83. The standard InChI is InChI=1S/C19H22FN3O3/c1-2-26-17-4-3-15(12-16(17)20)19(25)23-9-7-22(8-10-23)18(24)11-14-5-6-21-13-14/h3-6,12-13,21H,2,7-11H2,1H3. The Morgan fingerprint density at radius 1 is 1.15 bits per heavy atom. The van der Waals surface area contributed by atoms with E-state index in [4.69, 9.17) is 4.74 Å². The van der Waals surface area contributed by atoms with Crippen molar-refractivity contribution in [2.24, 2.45) is 0 Å². The van der Waals surface area contributed by atoms with E-state index >= 15 is 0 Å². The lowest BCUT2D eigenvalue weighted by molar-refractivity contribution is -0.131. The lowest BCUT2D eigenvalue weighted by atomic mass is 10.1. The van der Waals surface area contributed by atoms with E-state index in [1.54, 1.807) is 35.2 Å².